The lowest BCUT2D eigenvalue weighted by molar-refractivity contribution is -0.132. The van der Waals surface area contributed by atoms with E-state index in [4.69, 9.17) is 5.73 Å². The summed E-state index contributed by atoms with van der Waals surface area (Å²) in [6.07, 6.45) is 5.28. The minimum atomic E-state index is -0.385. The Morgan fingerprint density at radius 2 is 1.93 bits per heavy atom. The second-order valence-electron chi connectivity index (χ2n) is 5.11. The average molecular weight is 198 g/mol. The minimum Gasteiger partial charge on any atom is -0.343 e. The monoisotopic (exact) mass is 198 g/mol. The zero-order valence-corrected chi connectivity index (χ0v) is 9.55. The second kappa shape index (κ2) is 4.30. The number of carbonyl (C=O) groups is 1. The number of amides is 1. The SMILES string of the molecule is CN(C(=O)CC(C)(C)N)C1CCCC1. The summed E-state index contributed by atoms with van der Waals surface area (Å²) in [5.41, 5.74) is 5.44. The lowest BCUT2D eigenvalue weighted by Crippen LogP contribution is -2.42. The maximum atomic E-state index is 11.8. The van der Waals surface area contributed by atoms with Crippen molar-refractivity contribution < 1.29 is 4.79 Å². The molecule has 0 unspecified atom stereocenters. The van der Waals surface area contributed by atoms with Crippen molar-refractivity contribution >= 4 is 5.91 Å². The Morgan fingerprint density at radius 1 is 1.43 bits per heavy atom. The van der Waals surface area contributed by atoms with Gasteiger partial charge in [-0.1, -0.05) is 12.8 Å². The van der Waals surface area contributed by atoms with E-state index in [0.29, 0.717) is 12.5 Å². The molecule has 1 rings (SSSR count). The fourth-order valence-corrected chi connectivity index (χ4v) is 2.01. The van der Waals surface area contributed by atoms with Crippen molar-refractivity contribution in [1.29, 1.82) is 0 Å². The van der Waals surface area contributed by atoms with Gasteiger partial charge >= 0.3 is 0 Å². The molecule has 0 bridgehead atoms. The van der Waals surface area contributed by atoms with Crippen molar-refractivity contribution in [3.8, 4) is 0 Å². The van der Waals surface area contributed by atoms with E-state index in [2.05, 4.69) is 0 Å². The molecule has 3 heteroatoms. The van der Waals surface area contributed by atoms with Crippen LogP contribution in [0.25, 0.3) is 0 Å². The Hall–Kier alpha value is -0.570. The van der Waals surface area contributed by atoms with Crippen LogP contribution >= 0.6 is 0 Å². The number of hydrogen-bond donors (Lipinski definition) is 1. The van der Waals surface area contributed by atoms with Crippen molar-refractivity contribution in [1.82, 2.24) is 4.90 Å². The first-order chi connectivity index (χ1) is 6.40. The fourth-order valence-electron chi connectivity index (χ4n) is 2.01. The Morgan fingerprint density at radius 3 is 2.36 bits per heavy atom. The van der Waals surface area contributed by atoms with E-state index in [1.807, 2.05) is 25.8 Å². The molecule has 0 heterocycles. The van der Waals surface area contributed by atoms with Gasteiger partial charge in [0.15, 0.2) is 0 Å². The molecule has 1 aliphatic carbocycles. The molecule has 0 aromatic rings. The van der Waals surface area contributed by atoms with Crippen molar-refractivity contribution in [2.24, 2.45) is 5.73 Å². The molecule has 3 nitrogen and oxygen atoms in total. The van der Waals surface area contributed by atoms with Crippen LogP contribution in [0.3, 0.4) is 0 Å². The van der Waals surface area contributed by atoms with Crippen molar-refractivity contribution in [3.63, 3.8) is 0 Å². The molecule has 0 saturated heterocycles. The van der Waals surface area contributed by atoms with E-state index in [1.165, 1.54) is 12.8 Å². The van der Waals surface area contributed by atoms with Gasteiger partial charge in [-0.05, 0) is 26.7 Å². The highest BCUT2D eigenvalue weighted by atomic mass is 16.2. The highest BCUT2D eigenvalue weighted by Gasteiger charge is 2.26. The fraction of sp³-hybridized carbons (Fsp3) is 0.909. The third-order valence-electron chi connectivity index (χ3n) is 2.87. The van der Waals surface area contributed by atoms with Crippen LogP contribution in [-0.4, -0.2) is 29.4 Å². The van der Waals surface area contributed by atoms with E-state index in [0.717, 1.165) is 12.8 Å². The first-order valence-corrected chi connectivity index (χ1v) is 5.45. The molecule has 0 aliphatic heterocycles. The summed E-state index contributed by atoms with van der Waals surface area (Å²) in [6.45, 7) is 3.79. The molecule has 1 saturated carbocycles. The number of carbonyl (C=O) groups excluding carboxylic acids is 1. The van der Waals surface area contributed by atoms with Gasteiger partial charge in [0.1, 0.15) is 0 Å². The van der Waals surface area contributed by atoms with Crippen LogP contribution in [0.2, 0.25) is 0 Å². The summed E-state index contributed by atoms with van der Waals surface area (Å²) < 4.78 is 0. The number of rotatable bonds is 3. The summed E-state index contributed by atoms with van der Waals surface area (Å²) in [4.78, 5) is 13.7. The third-order valence-corrected chi connectivity index (χ3v) is 2.87. The maximum Gasteiger partial charge on any atom is 0.224 e. The van der Waals surface area contributed by atoms with Crippen LogP contribution in [-0.2, 0) is 4.79 Å². The van der Waals surface area contributed by atoms with Crippen LogP contribution < -0.4 is 5.73 Å². The Balaban J connectivity index is 2.43. The maximum absolute atomic E-state index is 11.8. The van der Waals surface area contributed by atoms with Crippen LogP contribution in [0, 0.1) is 0 Å². The van der Waals surface area contributed by atoms with E-state index >= 15 is 0 Å². The predicted octanol–water partition coefficient (Wildman–Crippen LogP) is 1.51. The number of nitrogens with zero attached hydrogens (tertiary/aromatic N) is 1. The van der Waals surface area contributed by atoms with Crippen LogP contribution in [0.4, 0.5) is 0 Å². The van der Waals surface area contributed by atoms with E-state index in [-0.39, 0.29) is 11.4 Å². The van der Waals surface area contributed by atoms with E-state index in [1.54, 1.807) is 0 Å². The first kappa shape index (κ1) is 11.5. The van der Waals surface area contributed by atoms with Crippen LogP contribution in [0.1, 0.15) is 46.0 Å². The molecule has 0 atom stereocenters. The number of nitrogens with two attached hydrogens (primary N) is 1. The van der Waals surface area contributed by atoms with Crippen LogP contribution in [0.5, 0.6) is 0 Å². The van der Waals surface area contributed by atoms with Gasteiger partial charge in [0.05, 0.1) is 0 Å². The summed E-state index contributed by atoms with van der Waals surface area (Å²) in [5.74, 6) is 0.185. The topological polar surface area (TPSA) is 46.3 Å². The zero-order valence-electron chi connectivity index (χ0n) is 9.55. The molecule has 1 fully saturated rings. The normalized spacial score (nSPS) is 18.6. The van der Waals surface area contributed by atoms with Gasteiger partial charge in [-0.3, -0.25) is 4.79 Å². The number of hydrogen-bond acceptors (Lipinski definition) is 2. The molecular formula is C11H22N2O. The van der Waals surface area contributed by atoms with Gasteiger partial charge in [-0.25, -0.2) is 0 Å². The van der Waals surface area contributed by atoms with E-state index < -0.39 is 0 Å². The predicted molar refractivity (Wildman–Crippen MR) is 57.9 cm³/mol. The third kappa shape index (κ3) is 3.29. The lowest BCUT2D eigenvalue weighted by Gasteiger charge is -2.27. The highest BCUT2D eigenvalue weighted by Crippen LogP contribution is 2.23. The molecule has 0 radical (unpaired) electrons. The van der Waals surface area contributed by atoms with Gasteiger partial charge in [0.2, 0.25) is 5.91 Å². The quantitative estimate of drug-likeness (QED) is 0.747. The van der Waals surface area contributed by atoms with Crippen LogP contribution in [0.15, 0.2) is 0 Å². The van der Waals surface area contributed by atoms with Gasteiger partial charge < -0.3 is 10.6 Å². The molecule has 14 heavy (non-hydrogen) atoms. The molecule has 1 amide bonds. The molecule has 0 aromatic carbocycles. The first-order valence-electron chi connectivity index (χ1n) is 5.45. The molecule has 0 aromatic heterocycles. The molecule has 82 valence electrons. The summed E-state index contributed by atoms with van der Waals surface area (Å²) in [6, 6.07) is 0.463. The standard InChI is InChI=1S/C11H22N2O/c1-11(2,12)8-10(14)13(3)9-6-4-5-7-9/h9H,4-8,12H2,1-3H3. The van der Waals surface area contributed by atoms with E-state index in [9.17, 15) is 4.79 Å². The summed E-state index contributed by atoms with van der Waals surface area (Å²) in [5, 5.41) is 0. The Labute approximate surface area is 86.6 Å². The largest absolute Gasteiger partial charge is 0.343 e. The van der Waals surface area contributed by atoms with Crippen molar-refractivity contribution in [2.75, 3.05) is 7.05 Å². The summed E-state index contributed by atoms with van der Waals surface area (Å²) in [7, 11) is 1.91. The minimum absolute atomic E-state index is 0.185. The average Bonchev–Trinajstić information content (AvgIpc) is 2.51. The molecular weight excluding hydrogens is 176 g/mol. The lowest BCUT2D eigenvalue weighted by atomic mass is 10.0. The Bertz CT molecular complexity index is 202. The molecule has 2 N–H and O–H groups in total. The van der Waals surface area contributed by atoms with Crippen molar-refractivity contribution in [3.05, 3.63) is 0 Å². The zero-order chi connectivity index (χ0) is 10.8. The molecule has 0 spiro atoms. The second-order valence-corrected chi connectivity index (χ2v) is 5.11. The van der Waals surface area contributed by atoms with Gasteiger partial charge in [-0.2, -0.15) is 0 Å². The Kier molecular flexibility index (Phi) is 3.53. The smallest absolute Gasteiger partial charge is 0.224 e. The van der Waals surface area contributed by atoms with Gasteiger partial charge in [0.25, 0.3) is 0 Å². The van der Waals surface area contributed by atoms with Gasteiger partial charge in [-0.15, -0.1) is 0 Å². The van der Waals surface area contributed by atoms with Gasteiger partial charge in [0, 0.05) is 25.0 Å². The summed E-state index contributed by atoms with van der Waals surface area (Å²) >= 11 is 0. The highest BCUT2D eigenvalue weighted by molar-refractivity contribution is 5.77. The molecule has 1 aliphatic rings. The van der Waals surface area contributed by atoms with Crippen molar-refractivity contribution in [2.45, 2.75) is 57.5 Å².